The molecule has 23 heavy (non-hydrogen) atoms. The molecule has 1 radical (unpaired) electrons. The molecule has 0 saturated carbocycles. The predicted octanol–water partition coefficient (Wildman–Crippen LogP) is 3.54. The number of hydrogen-bond acceptors (Lipinski definition) is 3. The van der Waals surface area contributed by atoms with Crippen molar-refractivity contribution >= 4 is 34.9 Å². The summed E-state index contributed by atoms with van der Waals surface area (Å²) in [4.78, 5) is 0. The van der Waals surface area contributed by atoms with E-state index in [1.54, 1.807) is 27.4 Å². The van der Waals surface area contributed by atoms with E-state index in [9.17, 15) is 9.50 Å². The highest BCUT2D eigenvalue weighted by molar-refractivity contribution is 6.47. The SMILES string of the molecule is CC(C)(O)C(C)(C)O[B]c1ccc2c(c1)oc1cc(F)ccc12. The molecule has 1 N–H and O–H groups in total. The number of furan rings is 1. The molecule has 0 aliphatic heterocycles. The zero-order valence-corrected chi connectivity index (χ0v) is 13.7. The van der Waals surface area contributed by atoms with Crippen LogP contribution in [0.4, 0.5) is 4.39 Å². The molecule has 0 spiro atoms. The molecule has 3 nitrogen and oxygen atoms in total. The Morgan fingerprint density at radius 2 is 1.61 bits per heavy atom. The van der Waals surface area contributed by atoms with Gasteiger partial charge in [-0.15, -0.1) is 0 Å². The van der Waals surface area contributed by atoms with Crippen LogP contribution < -0.4 is 5.46 Å². The number of rotatable bonds is 4. The molecule has 5 heteroatoms. The average molecular weight is 313 g/mol. The summed E-state index contributed by atoms with van der Waals surface area (Å²) in [7, 11) is 1.60. The highest BCUT2D eigenvalue weighted by Gasteiger charge is 2.35. The van der Waals surface area contributed by atoms with Crippen molar-refractivity contribution in [2.75, 3.05) is 0 Å². The minimum Gasteiger partial charge on any atom is -0.456 e. The molecule has 0 bridgehead atoms. The Labute approximate surface area is 135 Å². The highest BCUT2D eigenvalue weighted by atomic mass is 19.1. The van der Waals surface area contributed by atoms with Crippen LogP contribution in [0.3, 0.4) is 0 Å². The lowest BCUT2D eigenvalue weighted by Crippen LogP contribution is -2.49. The molecule has 0 aliphatic rings. The van der Waals surface area contributed by atoms with Crippen LogP contribution in [0.1, 0.15) is 27.7 Å². The number of hydrogen-bond donors (Lipinski definition) is 1. The van der Waals surface area contributed by atoms with Gasteiger partial charge in [0.25, 0.3) is 0 Å². The molecule has 1 aromatic heterocycles. The van der Waals surface area contributed by atoms with Gasteiger partial charge in [0.05, 0.1) is 11.2 Å². The fraction of sp³-hybridized carbons (Fsp3) is 0.333. The third-order valence-corrected chi connectivity index (χ3v) is 4.42. The quantitative estimate of drug-likeness (QED) is 0.749. The largest absolute Gasteiger partial charge is 0.456 e. The predicted molar refractivity (Wildman–Crippen MR) is 90.5 cm³/mol. The van der Waals surface area contributed by atoms with Crippen LogP contribution >= 0.6 is 0 Å². The van der Waals surface area contributed by atoms with E-state index in [1.807, 2.05) is 32.0 Å². The summed E-state index contributed by atoms with van der Waals surface area (Å²) in [5.41, 5.74) is 0.289. The fourth-order valence-electron chi connectivity index (χ4n) is 2.20. The van der Waals surface area contributed by atoms with Gasteiger partial charge in [0.15, 0.2) is 0 Å². The Balaban J connectivity index is 1.90. The minimum atomic E-state index is -0.982. The number of benzene rings is 2. The molecular formula is C18H19BFO3. The fourth-order valence-corrected chi connectivity index (χ4v) is 2.20. The van der Waals surface area contributed by atoms with Gasteiger partial charge < -0.3 is 14.2 Å². The number of halogens is 1. The molecule has 3 rings (SSSR count). The molecule has 0 amide bonds. The summed E-state index contributed by atoms with van der Waals surface area (Å²) in [6.45, 7) is 7.06. The zero-order valence-electron chi connectivity index (χ0n) is 13.7. The van der Waals surface area contributed by atoms with Crippen LogP contribution in [-0.4, -0.2) is 23.8 Å². The van der Waals surface area contributed by atoms with Crippen LogP contribution in [0.25, 0.3) is 21.9 Å². The van der Waals surface area contributed by atoms with E-state index >= 15 is 0 Å². The first-order valence-electron chi connectivity index (χ1n) is 7.53. The molecule has 0 atom stereocenters. The first kappa shape index (κ1) is 16.0. The van der Waals surface area contributed by atoms with Crippen molar-refractivity contribution in [3.8, 4) is 0 Å². The smallest absolute Gasteiger partial charge is 0.331 e. The van der Waals surface area contributed by atoms with E-state index in [2.05, 4.69) is 0 Å². The lowest BCUT2D eigenvalue weighted by atomic mass is 9.82. The Kier molecular flexibility index (Phi) is 3.73. The summed E-state index contributed by atoms with van der Waals surface area (Å²) in [6, 6.07) is 10.2. The zero-order chi connectivity index (χ0) is 16.8. The summed E-state index contributed by atoms with van der Waals surface area (Å²) >= 11 is 0. The molecule has 0 fully saturated rings. The molecule has 2 aromatic carbocycles. The molecule has 3 aromatic rings. The lowest BCUT2D eigenvalue weighted by Gasteiger charge is -2.37. The van der Waals surface area contributed by atoms with Crippen LogP contribution in [0.15, 0.2) is 40.8 Å². The second-order valence-electron chi connectivity index (χ2n) is 6.80. The van der Waals surface area contributed by atoms with Crippen molar-refractivity contribution in [3.05, 3.63) is 42.2 Å². The molecule has 0 aliphatic carbocycles. The minimum absolute atomic E-state index is 0.321. The van der Waals surface area contributed by atoms with E-state index in [0.717, 1.165) is 16.2 Å². The van der Waals surface area contributed by atoms with E-state index in [0.29, 0.717) is 11.2 Å². The molecule has 119 valence electrons. The Hall–Kier alpha value is -1.85. The average Bonchev–Trinajstić information content (AvgIpc) is 2.80. The lowest BCUT2D eigenvalue weighted by molar-refractivity contribution is -0.0893. The Bertz CT molecular complexity index is 862. The normalized spacial score (nSPS) is 13.0. The van der Waals surface area contributed by atoms with Crippen molar-refractivity contribution in [1.29, 1.82) is 0 Å². The monoisotopic (exact) mass is 313 g/mol. The van der Waals surface area contributed by atoms with Gasteiger partial charge in [-0.3, -0.25) is 0 Å². The van der Waals surface area contributed by atoms with Crippen molar-refractivity contribution in [3.63, 3.8) is 0 Å². The van der Waals surface area contributed by atoms with Crippen LogP contribution in [0.2, 0.25) is 0 Å². The maximum Gasteiger partial charge on any atom is 0.331 e. The summed E-state index contributed by atoms with van der Waals surface area (Å²) in [5.74, 6) is -0.321. The van der Waals surface area contributed by atoms with Gasteiger partial charge in [0, 0.05) is 16.8 Å². The molecule has 0 unspecified atom stereocenters. The van der Waals surface area contributed by atoms with Gasteiger partial charge in [-0.2, -0.15) is 0 Å². The maximum absolute atomic E-state index is 13.3. The third-order valence-electron chi connectivity index (χ3n) is 4.42. The van der Waals surface area contributed by atoms with Crippen molar-refractivity contribution in [1.82, 2.24) is 0 Å². The van der Waals surface area contributed by atoms with Crippen LogP contribution in [0, 0.1) is 5.82 Å². The molecule has 1 heterocycles. The molecular weight excluding hydrogens is 294 g/mol. The van der Waals surface area contributed by atoms with Gasteiger partial charge in [0.1, 0.15) is 17.0 Å². The van der Waals surface area contributed by atoms with E-state index in [1.165, 1.54) is 12.1 Å². The van der Waals surface area contributed by atoms with E-state index in [-0.39, 0.29) is 5.82 Å². The van der Waals surface area contributed by atoms with Crippen molar-refractivity contribution in [2.45, 2.75) is 38.9 Å². The van der Waals surface area contributed by atoms with Crippen molar-refractivity contribution < 1.29 is 18.6 Å². The maximum atomic E-state index is 13.3. The van der Waals surface area contributed by atoms with Crippen LogP contribution in [0.5, 0.6) is 0 Å². The van der Waals surface area contributed by atoms with E-state index in [4.69, 9.17) is 9.07 Å². The van der Waals surface area contributed by atoms with Gasteiger partial charge in [-0.05, 0) is 51.4 Å². The van der Waals surface area contributed by atoms with Gasteiger partial charge in [-0.1, -0.05) is 12.1 Å². The topological polar surface area (TPSA) is 42.6 Å². The first-order valence-corrected chi connectivity index (χ1v) is 7.53. The number of aliphatic hydroxyl groups is 1. The third kappa shape index (κ3) is 2.99. The first-order chi connectivity index (χ1) is 10.7. The highest BCUT2D eigenvalue weighted by Crippen LogP contribution is 2.28. The molecule has 0 saturated heterocycles. The number of fused-ring (bicyclic) bond motifs is 3. The van der Waals surface area contributed by atoms with Gasteiger partial charge in [0.2, 0.25) is 0 Å². The second kappa shape index (κ2) is 5.36. The van der Waals surface area contributed by atoms with E-state index < -0.39 is 11.2 Å². The standard InChI is InChI=1S/C18H19BFO3/c1-17(2,21)18(3,4)23-19-11-5-7-13-14-8-6-12(20)10-16(14)22-15(13)9-11/h5-10,21H,1-4H3. The van der Waals surface area contributed by atoms with Crippen LogP contribution in [-0.2, 0) is 4.65 Å². The second-order valence-corrected chi connectivity index (χ2v) is 6.80. The summed E-state index contributed by atoms with van der Waals surface area (Å²) in [5, 5.41) is 11.9. The Morgan fingerprint density at radius 3 is 2.26 bits per heavy atom. The van der Waals surface area contributed by atoms with Gasteiger partial charge in [-0.25, -0.2) is 4.39 Å². The van der Waals surface area contributed by atoms with Crippen molar-refractivity contribution in [2.24, 2.45) is 0 Å². The van der Waals surface area contributed by atoms with Gasteiger partial charge >= 0.3 is 7.48 Å². The Morgan fingerprint density at radius 1 is 1.00 bits per heavy atom. The summed E-state index contributed by atoms with van der Waals surface area (Å²) in [6.07, 6.45) is 0. The summed E-state index contributed by atoms with van der Waals surface area (Å²) < 4.78 is 24.8.